The maximum atomic E-state index is 6.32. The third-order valence-corrected chi connectivity index (χ3v) is 3.42. The molecule has 2 rings (SSSR count). The summed E-state index contributed by atoms with van der Waals surface area (Å²) in [4.78, 5) is 4.79. The zero-order valence-corrected chi connectivity index (χ0v) is 13.5. The number of anilines is 1. The van der Waals surface area contributed by atoms with Crippen LogP contribution in [0.15, 0.2) is 18.2 Å². The molecule has 0 fully saturated rings. The minimum Gasteiger partial charge on any atom is -0.383 e. The number of aryl methyl sites for hydroxylation is 2. The van der Waals surface area contributed by atoms with Crippen LogP contribution in [0.4, 0.5) is 5.82 Å². The minimum atomic E-state index is -0.109. The molecule has 2 aromatic rings. The molecule has 2 N–H and O–H groups in total. The van der Waals surface area contributed by atoms with Gasteiger partial charge in [0.05, 0.1) is 6.54 Å². The highest BCUT2D eigenvalue weighted by Crippen LogP contribution is 2.32. The number of terminal acetylenes is 1. The van der Waals surface area contributed by atoms with Gasteiger partial charge in [-0.25, -0.2) is 4.98 Å². The number of nitrogens with zero attached hydrogens (tertiary/aromatic N) is 2. The van der Waals surface area contributed by atoms with Crippen LogP contribution in [0.3, 0.4) is 0 Å². The van der Waals surface area contributed by atoms with Crippen molar-refractivity contribution in [2.45, 2.75) is 46.6 Å². The van der Waals surface area contributed by atoms with Crippen molar-refractivity contribution < 1.29 is 0 Å². The van der Waals surface area contributed by atoms with Crippen LogP contribution in [-0.4, -0.2) is 9.55 Å². The SMILES string of the molecule is C#CCn1c(C(C)(C)C)nc(-c2cc(C)cc(C)c2)c1N. The molecular formula is C18H23N3. The predicted molar refractivity (Wildman–Crippen MR) is 89.1 cm³/mol. The number of hydrogen-bond donors (Lipinski definition) is 1. The van der Waals surface area contributed by atoms with E-state index in [9.17, 15) is 0 Å². The zero-order chi connectivity index (χ0) is 15.8. The molecule has 1 aromatic heterocycles. The van der Waals surface area contributed by atoms with Gasteiger partial charge in [0.2, 0.25) is 0 Å². The maximum Gasteiger partial charge on any atom is 0.132 e. The van der Waals surface area contributed by atoms with Crippen molar-refractivity contribution in [3.8, 4) is 23.6 Å². The molecule has 3 nitrogen and oxygen atoms in total. The zero-order valence-electron chi connectivity index (χ0n) is 13.5. The van der Waals surface area contributed by atoms with Crippen LogP contribution in [0.1, 0.15) is 37.7 Å². The summed E-state index contributed by atoms with van der Waals surface area (Å²) in [6.07, 6.45) is 5.48. The molecule has 0 spiro atoms. The average Bonchev–Trinajstić information content (AvgIpc) is 2.66. The number of aromatic nitrogens is 2. The Morgan fingerprint density at radius 3 is 2.24 bits per heavy atom. The van der Waals surface area contributed by atoms with Crippen molar-refractivity contribution in [1.29, 1.82) is 0 Å². The van der Waals surface area contributed by atoms with E-state index in [1.165, 1.54) is 11.1 Å². The van der Waals surface area contributed by atoms with Crippen molar-refractivity contribution in [1.82, 2.24) is 9.55 Å². The molecule has 0 bridgehead atoms. The van der Waals surface area contributed by atoms with E-state index in [0.29, 0.717) is 12.4 Å². The second-order valence-corrected chi connectivity index (χ2v) is 6.59. The predicted octanol–water partition coefficient (Wildman–Crippen LogP) is 3.68. The Morgan fingerprint density at radius 1 is 1.19 bits per heavy atom. The van der Waals surface area contributed by atoms with Gasteiger partial charge in [0.25, 0.3) is 0 Å². The number of hydrogen-bond acceptors (Lipinski definition) is 2. The first-order chi connectivity index (χ1) is 9.74. The van der Waals surface area contributed by atoms with Crippen LogP contribution in [0.2, 0.25) is 0 Å². The normalized spacial score (nSPS) is 11.4. The summed E-state index contributed by atoms with van der Waals surface area (Å²) in [5, 5.41) is 0. The summed E-state index contributed by atoms with van der Waals surface area (Å²) in [5.74, 6) is 4.23. The Labute approximate surface area is 127 Å². The Morgan fingerprint density at radius 2 is 1.76 bits per heavy atom. The van der Waals surface area contributed by atoms with Gasteiger partial charge in [-0.15, -0.1) is 6.42 Å². The second kappa shape index (κ2) is 5.29. The number of nitrogens with two attached hydrogens (primary N) is 1. The van der Waals surface area contributed by atoms with Crippen LogP contribution in [0, 0.1) is 26.2 Å². The van der Waals surface area contributed by atoms with Gasteiger partial charge in [-0.2, -0.15) is 0 Å². The highest BCUT2D eigenvalue weighted by atomic mass is 15.1. The first kappa shape index (κ1) is 15.2. The van der Waals surface area contributed by atoms with Crippen molar-refractivity contribution in [3.05, 3.63) is 35.2 Å². The first-order valence-electron chi connectivity index (χ1n) is 7.12. The molecule has 0 aliphatic rings. The van der Waals surface area contributed by atoms with Crippen LogP contribution in [0.25, 0.3) is 11.3 Å². The third kappa shape index (κ3) is 2.95. The van der Waals surface area contributed by atoms with Crippen molar-refractivity contribution in [2.24, 2.45) is 0 Å². The van der Waals surface area contributed by atoms with E-state index in [1.807, 2.05) is 4.57 Å². The molecule has 0 aliphatic heterocycles. The van der Waals surface area contributed by atoms with Gasteiger partial charge < -0.3 is 10.3 Å². The lowest BCUT2D eigenvalue weighted by Crippen LogP contribution is -2.19. The molecule has 0 atom stereocenters. The van der Waals surface area contributed by atoms with Gasteiger partial charge in [0, 0.05) is 11.0 Å². The molecule has 21 heavy (non-hydrogen) atoms. The smallest absolute Gasteiger partial charge is 0.132 e. The molecule has 0 saturated carbocycles. The van der Waals surface area contributed by atoms with E-state index in [2.05, 4.69) is 58.7 Å². The van der Waals surface area contributed by atoms with E-state index in [0.717, 1.165) is 17.1 Å². The second-order valence-electron chi connectivity index (χ2n) is 6.59. The molecule has 0 unspecified atom stereocenters. The quantitative estimate of drug-likeness (QED) is 0.853. The summed E-state index contributed by atoms with van der Waals surface area (Å²) < 4.78 is 1.94. The molecule has 110 valence electrons. The lowest BCUT2D eigenvalue weighted by Gasteiger charge is -2.18. The monoisotopic (exact) mass is 281 g/mol. The summed E-state index contributed by atoms with van der Waals surface area (Å²) in [7, 11) is 0. The Kier molecular flexibility index (Phi) is 3.82. The fourth-order valence-corrected chi connectivity index (χ4v) is 2.61. The standard InChI is InChI=1S/C18H23N3/c1-7-8-21-16(19)15(20-17(21)18(4,5)6)14-10-12(2)9-13(3)11-14/h1,9-11H,8,19H2,2-6H3. The maximum absolute atomic E-state index is 6.32. The number of rotatable bonds is 2. The molecular weight excluding hydrogens is 258 g/mol. The van der Waals surface area contributed by atoms with Gasteiger partial charge in [0.15, 0.2) is 0 Å². The molecule has 3 heteroatoms. The third-order valence-electron chi connectivity index (χ3n) is 3.42. The van der Waals surface area contributed by atoms with Crippen molar-refractivity contribution >= 4 is 5.82 Å². The van der Waals surface area contributed by atoms with Crippen LogP contribution >= 0.6 is 0 Å². The number of benzene rings is 1. The lowest BCUT2D eigenvalue weighted by atomic mass is 9.95. The van der Waals surface area contributed by atoms with Crippen LogP contribution in [-0.2, 0) is 12.0 Å². The fraction of sp³-hybridized carbons (Fsp3) is 0.389. The molecule has 0 saturated heterocycles. The van der Waals surface area contributed by atoms with E-state index in [-0.39, 0.29) is 5.41 Å². The van der Waals surface area contributed by atoms with Crippen LogP contribution in [0.5, 0.6) is 0 Å². The lowest BCUT2D eigenvalue weighted by molar-refractivity contribution is 0.517. The average molecular weight is 281 g/mol. The van der Waals surface area contributed by atoms with Gasteiger partial charge in [-0.05, 0) is 26.0 Å². The van der Waals surface area contributed by atoms with Gasteiger partial charge >= 0.3 is 0 Å². The molecule has 0 aliphatic carbocycles. The first-order valence-corrected chi connectivity index (χ1v) is 7.12. The van der Waals surface area contributed by atoms with E-state index < -0.39 is 0 Å². The summed E-state index contributed by atoms with van der Waals surface area (Å²) >= 11 is 0. The highest BCUT2D eigenvalue weighted by molar-refractivity contribution is 5.72. The van der Waals surface area contributed by atoms with Crippen LogP contribution < -0.4 is 5.73 Å². The van der Waals surface area contributed by atoms with Gasteiger partial charge in [-0.1, -0.05) is 43.9 Å². The van der Waals surface area contributed by atoms with E-state index in [4.69, 9.17) is 17.1 Å². The van der Waals surface area contributed by atoms with Crippen molar-refractivity contribution in [2.75, 3.05) is 5.73 Å². The Bertz CT molecular complexity index is 689. The molecule has 0 radical (unpaired) electrons. The van der Waals surface area contributed by atoms with E-state index >= 15 is 0 Å². The van der Waals surface area contributed by atoms with Gasteiger partial charge in [-0.3, -0.25) is 0 Å². The summed E-state index contributed by atoms with van der Waals surface area (Å²) in [6, 6.07) is 6.36. The molecule has 1 heterocycles. The van der Waals surface area contributed by atoms with Crippen molar-refractivity contribution in [3.63, 3.8) is 0 Å². The largest absolute Gasteiger partial charge is 0.383 e. The summed E-state index contributed by atoms with van der Waals surface area (Å²) in [6.45, 7) is 11.0. The highest BCUT2D eigenvalue weighted by Gasteiger charge is 2.25. The van der Waals surface area contributed by atoms with E-state index in [1.54, 1.807) is 0 Å². The topological polar surface area (TPSA) is 43.8 Å². The summed E-state index contributed by atoms with van der Waals surface area (Å²) in [5.41, 5.74) is 10.5. The number of imidazole rings is 1. The van der Waals surface area contributed by atoms with Gasteiger partial charge in [0.1, 0.15) is 17.3 Å². The number of nitrogen functional groups attached to an aromatic ring is 1. The molecule has 0 amide bonds. The molecule has 1 aromatic carbocycles. The Balaban J connectivity index is 2.68. The fourth-order valence-electron chi connectivity index (χ4n) is 2.61. The Hall–Kier alpha value is -2.21. The minimum absolute atomic E-state index is 0.109.